The number of thiazole rings is 1. The molecule has 0 spiro atoms. The number of likely N-dealkylation sites (tertiary alicyclic amines) is 1. The van der Waals surface area contributed by atoms with E-state index < -0.39 is 67.9 Å². The quantitative estimate of drug-likeness (QED) is 0.258. The van der Waals surface area contributed by atoms with Crippen LogP contribution in [0.4, 0.5) is 0 Å². The van der Waals surface area contributed by atoms with Crippen molar-refractivity contribution in [2.45, 2.75) is 102 Å². The van der Waals surface area contributed by atoms with Crippen LogP contribution in [0.5, 0.6) is 6.01 Å². The molecule has 2 aromatic heterocycles. The van der Waals surface area contributed by atoms with Crippen molar-refractivity contribution in [1.29, 1.82) is 0 Å². The van der Waals surface area contributed by atoms with Crippen molar-refractivity contribution in [3.05, 3.63) is 36.5 Å². The summed E-state index contributed by atoms with van der Waals surface area (Å²) in [7, 11) is -3.96. The molecule has 2 aromatic rings. The Morgan fingerprint density at radius 2 is 1.92 bits per heavy atom. The van der Waals surface area contributed by atoms with Crippen LogP contribution >= 0.6 is 11.3 Å². The molecule has 0 radical (unpaired) electrons. The molecule has 264 valence electrons. The minimum atomic E-state index is -3.96. The predicted molar refractivity (Wildman–Crippen MR) is 179 cm³/mol. The van der Waals surface area contributed by atoms with Gasteiger partial charge in [0, 0.05) is 49.4 Å². The van der Waals surface area contributed by atoms with Crippen LogP contribution in [-0.2, 0) is 29.2 Å². The van der Waals surface area contributed by atoms with Crippen molar-refractivity contribution in [2.75, 3.05) is 6.54 Å². The maximum Gasteiger partial charge on any atom is 0.317 e. The van der Waals surface area contributed by atoms with E-state index >= 15 is 0 Å². The number of rotatable bonds is 15. The van der Waals surface area contributed by atoms with Gasteiger partial charge in [0.25, 0.3) is 0 Å². The van der Waals surface area contributed by atoms with Gasteiger partial charge in [-0.15, -0.1) is 17.9 Å². The second kappa shape index (κ2) is 13.0. The van der Waals surface area contributed by atoms with Gasteiger partial charge in [-0.05, 0) is 49.5 Å². The Labute approximate surface area is 290 Å². The molecular weight excluding hydrogens is 671 g/mol. The molecule has 2 N–H and O–H groups in total. The van der Waals surface area contributed by atoms with Crippen molar-refractivity contribution >= 4 is 44.7 Å². The molecule has 4 fully saturated rings. The fraction of sp³-hybridized carbons (Fsp3) is 0.618. The number of ether oxygens (including phenoxy) is 1. The van der Waals surface area contributed by atoms with Gasteiger partial charge in [0.05, 0.1) is 28.9 Å². The second-order valence-corrected chi connectivity index (χ2v) is 17.9. The van der Waals surface area contributed by atoms with Crippen LogP contribution in [-0.4, -0.2) is 86.3 Å². The standard InChI is InChI=1S/C34H43N5O8S2/c1-5-34(44)19-33(34,30(43)38-49(45,46)23-8-9-23)17-27(41)26-16-22(47-31-36-11-10-25(37-31)28-35-12-13-48-28)18-39(26)29(42)24(32(2,3)4)15-21(40)14-20-6-7-20/h5,10-13,20,22-24,26,44H,1,6-9,14-19H2,2-4H3,(H,38,43)/t22-,24-,26+,33-,34?/m1/s1. The fourth-order valence-electron chi connectivity index (χ4n) is 6.73. The minimum Gasteiger partial charge on any atom is -0.458 e. The third-order valence-electron chi connectivity index (χ3n) is 10.2. The molecule has 13 nitrogen and oxygen atoms in total. The van der Waals surface area contributed by atoms with Crippen LogP contribution in [0.15, 0.2) is 36.5 Å². The summed E-state index contributed by atoms with van der Waals surface area (Å²) in [6.45, 7) is 9.26. The molecule has 49 heavy (non-hydrogen) atoms. The molecule has 1 unspecified atom stereocenters. The fourth-order valence-corrected chi connectivity index (χ4v) is 8.71. The molecular formula is C34H43N5O8S2. The number of Topliss-reactive ketones (excluding diaryl/α,β-unsaturated/α-hetero) is 2. The highest BCUT2D eigenvalue weighted by atomic mass is 32.2. The highest BCUT2D eigenvalue weighted by Crippen LogP contribution is 2.60. The molecule has 2 amide bonds. The van der Waals surface area contributed by atoms with Crippen molar-refractivity contribution in [3.63, 3.8) is 0 Å². The molecule has 6 rings (SSSR count). The molecule has 15 heteroatoms. The van der Waals surface area contributed by atoms with Gasteiger partial charge >= 0.3 is 6.01 Å². The SMILES string of the molecule is C=CC1(O)C[C@]1(CC(=O)[C@@H]1C[C@@H](Oc2nccc(-c3nccs3)n2)CN1C(=O)[C@@H](CC(=O)CC1CC1)C(C)(C)C)C(=O)NS(=O)(=O)C1CC1. The van der Waals surface area contributed by atoms with Gasteiger partial charge in [-0.3, -0.25) is 23.9 Å². The normalized spacial score (nSPS) is 27.3. The first-order valence-electron chi connectivity index (χ1n) is 16.7. The van der Waals surface area contributed by atoms with Crippen molar-refractivity contribution in [1.82, 2.24) is 24.6 Å². The number of hydrogen-bond acceptors (Lipinski definition) is 12. The van der Waals surface area contributed by atoms with E-state index in [1.807, 2.05) is 26.2 Å². The number of nitrogens with one attached hydrogen (secondary N) is 1. The Hall–Kier alpha value is -3.56. The average molecular weight is 714 g/mol. The van der Waals surface area contributed by atoms with E-state index in [2.05, 4.69) is 26.3 Å². The first kappa shape index (κ1) is 35.3. The third-order valence-corrected chi connectivity index (χ3v) is 12.8. The molecule has 3 saturated carbocycles. The summed E-state index contributed by atoms with van der Waals surface area (Å²) in [5.41, 5.74) is -3.64. The topological polar surface area (TPSA) is 186 Å². The van der Waals surface area contributed by atoms with E-state index in [-0.39, 0.29) is 43.5 Å². The van der Waals surface area contributed by atoms with Crippen molar-refractivity contribution in [2.24, 2.45) is 22.7 Å². The van der Waals surface area contributed by atoms with Crippen LogP contribution in [0, 0.1) is 22.7 Å². The first-order valence-corrected chi connectivity index (χ1v) is 19.1. The molecule has 5 atom stereocenters. The number of aromatic nitrogens is 3. The lowest BCUT2D eigenvalue weighted by molar-refractivity contribution is -0.146. The minimum absolute atomic E-state index is 0.000395. The molecule has 0 aromatic carbocycles. The number of carbonyl (C=O) groups is 4. The lowest BCUT2D eigenvalue weighted by Crippen LogP contribution is -2.49. The summed E-state index contributed by atoms with van der Waals surface area (Å²) in [6, 6.07) is 0.649. The first-order chi connectivity index (χ1) is 23.0. The number of aliphatic hydroxyl groups is 1. The van der Waals surface area contributed by atoms with Gasteiger partial charge in [0.2, 0.25) is 21.8 Å². The zero-order chi connectivity index (χ0) is 35.4. The zero-order valence-corrected chi connectivity index (χ0v) is 29.6. The Kier molecular flexibility index (Phi) is 9.33. The number of carbonyl (C=O) groups excluding carboxylic acids is 4. The van der Waals surface area contributed by atoms with Crippen LogP contribution in [0.3, 0.4) is 0 Å². The molecule has 4 aliphatic rings. The third kappa shape index (κ3) is 7.48. The van der Waals surface area contributed by atoms with Crippen molar-refractivity contribution < 1.29 is 37.4 Å². The van der Waals surface area contributed by atoms with E-state index in [4.69, 9.17) is 4.74 Å². The highest BCUT2D eigenvalue weighted by Gasteiger charge is 2.71. The monoisotopic (exact) mass is 713 g/mol. The zero-order valence-electron chi connectivity index (χ0n) is 28.0. The Bertz CT molecular complexity index is 1750. The van der Waals surface area contributed by atoms with Gasteiger partial charge in [-0.25, -0.2) is 18.4 Å². The van der Waals surface area contributed by atoms with Gasteiger partial charge in [-0.2, -0.15) is 4.98 Å². The summed E-state index contributed by atoms with van der Waals surface area (Å²) in [6.07, 6.45) is 6.24. The largest absolute Gasteiger partial charge is 0.458 e. The van der Waals surface area contributed by atoms with Crippen LogP contribution < -0.4 is 9.46 Å². The smallest absolute Gasteiger partial charge is 0.317 e. The van der Waals surface area contributed by atoms with Gasteiger partial charge in [0.15, 0.2) is 5.78 Å². The lowest BCUT2D eigenvalue weighted by atomic mass is 9.76. The molecule has 1 aliphatic heterocycles. The van der Waals surface area contributed by atoms with E-state index in [0.717, 1.165) is 18.9 Å². The highest BCUT2D eigenvalue weighted by molar-refractivity contribution is 7.90. The van der Waals surface area contributed by atoms with Crippen LogP contribution in [0.2, 0.25) is 0 Å². The number of nitrogens with zero attached hydrogens (tertiary/aromatic N) is 4. The van der Waals surface area contributed by atoms with Crippen molar-refractivity contribution in [3.8, 4) is 16.7 Å². The summed E-state index contributed by atoms with van der Waals surface area (Å²) in [5.74, 6) is -2.27. The van der Waals surface area contributed by atoms with Crippen LogP contribution in [0.1, 0.15) is 78.6 Å². The second-order valence-electron chi connectivity index (χ2n) is 15.1. The van der Waals surface area contributed by atoms with E-state index in [9.17, 15) is 32.7 Å². The Morgan fingerprint density at radius 1 is 1.18 bits per heavy atom. The number of amides is 2. The van der Waals surface area contributed by atoms with Gasteiger partial charge in [-0.1, -0.05) is 26.8 Å². The van der Waals surface area contributed by atoms with Gasteiger partial charge < -0.3 is 14.7 Å². The molecule has 3 heterocycles. The number of sulfonamides is 1. The number of hydrogen-bond donors (Lipinski definition) is 2. The summed E-state index contributed by atoms with van der Waals surface area (Å²) in [5, 5.41) is 13.0. The predicted octanol–water partition coefficient (Wildman–Crippen LogP) is 3.24. The van der Waals surface area contributed by atoms with Crippen LogP contribution in [0.25, 0.3) is 10.7 Å². The average Bonchev–Trinajstić information content (AvgIpc) is 4.00. The Morgan fingerprint density at radius 3 is 2.51 bits per heavy atom. The summed E-state index contributed by atoms with van der Waals surface area (Å²) < 4.78 is 33.6. The maximum absolute atomic E-state index is 14.4. The number of ketones is 2. The van der Waals surface area contributed by atoms with E-state index in [1.165, 1.54) is 22.4 Å². The van der Waals surface area contributed by atoms with Gasteiger partial charge in [0.1, 0.15) is 22.6 Å². The Balaban J connectivity index is 1.26. The van der Waals surface area contributed by atoms with E-state index in [1.54, 1.807) is 12.3 Å². The molecule has 1 saturated heterocycles. The van der Waals surface area contributed by atoms with E-state index in [0.29, 0.717) is 35.9 Å². The summed E-state index contributed by atoms with van der Waals surface area (Å²) in [4.78, 5) is 69.6. The summed E-state index contributed by atoms with van der Waals surface area (Å²) >= 11 is 1.40. The molecule has 0 bridgehead atoms. The molecule has 3 aliphatic carbocycles. The lowest BCUT2D eigenvalue weighted by Gasteiger charge is -2.35. The maximum atomic E-state index is 14.4.